The van der Waals surface area contributed by atoms with E-state index in [1.165, 1.54) is 37.8 Å². The molecule has 0 aliphatic carbocycles. The van der Waals surface area contributed by atoms with Crippen LogP contribution in [0.4, 0.5) is 0 Å². The smallest absolute Gasteiger partial charge is 0.161 e. The van der Waals surface area contributed by atoms with E-state index in [1.54, 1.807) is 7.11 Å². The minimum Gasteiger partial charge on any atom is -0.493 e. The number of nitrogens with zero attached hydrogens (tertiary/aromatic N) is 2. The van der Waals surface area contributed by atoms with Crippen LogP contribution in [0.1, 0.15) is 64.5 Å². The maximum Gasteiger partial charge on any atom is 0.161 e. The van der Waals surface area contributed by atoms with Gasteiger partial charge in [-0.15, -0.1) is 0 Å². The van der Waals surface area contributed by atoms with E-state index < -0.39 is 0 Å². The molecule has 0 spiro atoms. The second kappa shape index (κ2) is 7.11. The molecule has 4 heteroatoms. The third-order valence-corrected chi connectivity index (χ3v) is 4.33. The molecule has 0 amide bonds. The highest BCUT2D eigenvalue weighted by molar-refractivity contribution is 5.33. The van der Waals surface area contributed by atoms with Crippen molar-refractivity contribution in [1.29, 1.82) is 0 Å². The van der Waals surface area contributed by atoms with E-state index in [4.69, 9.17) is 4.74 Å². The maximum atomic E-state index is 5.61. The molecule has 0 radical (unpaired) electrons. The Morgan fingerprint density at radius 3 is 2.85 bits per heavy atom. The van der Waals surface area contributed by atoms with Gasteiger partial charge in [0, 0.05) is 6.54 Å². The largest absolute Gasteiger partial charge is 0.493 e. The molecule has 2 rings (SSSR count). The summed E-state index contributed by atoms with van der Waals surface area (Å²) >= 11 is 0. The molecule has 1 aliphatic rings. The minimum absolute atomic E-state index is 0.0439. The van der Waals surface area contributed by atoms with Crippen LogP contribution in [0.3, 0.4) is 0 Å². The molecule has 20 heavy (non-hydrogen) atoms. The molecular formula is C16H29N3O. The summed E-state index contributed by atoms with van der Waals surface area (Å²) in [4.78, 5) is 0. The molecule has 1 atom stereocenters. The summed E-state index contributed by atoms with van der Waals surface area (Å²) in [7, 11) is 1.76. The van der Waals surface area contributed by atoms with Crippen LogP contribution in [-0.4, -0.2) is 23.4 Å². The molecule has 1 fully saturated rings. The number of aryl methyl sites for hydroxylation is 1. The fourth-order valence-corrected chi connectivity index (χ4v) is 3.49. The predicted molar refractivity (Wildman–Crippen MR) is 82.1 cm³/mol. The molecule has 1 aromatic rings. The number of hydrogen-bond donors (Lipinski definition) is 1. The standard InChI is InChI=1S/C16H29N3O/c1-4-9-16(10-7-6-8-11-17-16)15-14(20-3)13-18-19(15)12-5-2/h13,17H,4-12H2,1-3H3. The molecular weight excluding hydrogens is 250 g/mol. The lowest BCUT2D eigenvalue weighted by Gasteiger charge is -2.35. The van der Waals surface area contributed by atoms with Crippen molar-refractivity contribution in [3.8, 4) is 5.75 Å². The second-order valence-corrected chi connectivity index (χ2v) is 5.85. The van der Waals surface area contributed by atoms with E-state index in [-0.39, 0.29) is 5.54 Å². The van der Waals surface area contributed by atoms with Crippen molar-refractivity contribution in [3.05, 3.63) is 11.9 Å². The molecule has 1 aromatic heterocycles. The molecule has 1 saturated heterocycles. The van der Waals surface area contributed by atoms with E-state index >= 15 is 0 Å². The topological polar surface area (TPSA) is 39.1 Å². The second-order valence-electron chi connectivity index (χ2n) is 5.85. The van der Waals surface area contributed by atoms with Gasteiger partial charge in [-0.25, -0.2) is 0 Å². The molecule has 1 aliphatic heterocycles. The van der Waals surface area contributed by atoms with Crippen LogP contribution in [0.15, 0.2) is 6.20 Å². The van der Waals surface area contributed by atoms with Gasteiger partial charge < -0.3 is 10.1 Å². The summed E-state index contributed by atoms with van der Waals surface area (Å²) in [5.41, 5.74) is 1.31. The monoisotopic (exact) mass is 279 g/mol. The quantitative estimate of drug-likeness (QED) is 0.866. The van der Waals surface area contributed by atoms with Gasteiger partial charge in [0.15, 0.2) is 5.75 Å². The zero-order valence-electron chi connectivity index (χ0n) is 13.2. The number of methoxy groups -OCH3 is 1. The van der Waals surface area contributed by atoms with Crippen molar-refractivity contribution in [2.45, 2.75) is 70.9 Å². The number of rotatable bonds is 6. The average molecular weight is 279 g/mol. The molecule has 0 saturated carbocycles. The van der Waals surface area contributed by atoms with Crippen molar-refractivity contribution in [2.24, 2.45) is 0 Å². The van der Waals surface area contributed by atoms with Crippen LogP contribution in [0.25, 0.3) is 0 Å². The van der Waals surface area contributed by atoms with Gasteiger partial charge in [0.05, 0.1) is 18.8 Å². The van der Waals surface area contributed by atoms with Crippen LogP contribution in [-0.2, 0) is 12.1 Å². The molecule has 1 N–H and O–H groups in total. The third-order valence-electron chi connectivity index (χ3n) is 4.33. The highest BCUT2D eigenvalue weighted by atomic mass is 16.5. The van der Waals surface area contributed by atoms with Crippen LogP contribution in [0.5, 0.6) is 5.75 Å². The fourth-order valence-electron chi connectivity index (χ4n) is 3.49. The lowest BCUT2D eigenvalue weighted by molar-refractivity contribution is 0.261. The zero-order chi connectivity index (χ0) is 14.4. The summed E-state index contributed by atoms with van der Waals surface area (Å²) in [6, 6.07) is 0. The Balaban J connectivity index is 2.43. The summed E-state index contributed by atoms with van der Waals surface area (Å²) in [6.07, 6.45) is 10.4. The van der Waals surface area contributed by atoms with Gasteiger partial charge in [-0.2, -0.15) is 5.10 Å². The first kappa shape index (κ1) is 15.4. The Morgan fingerprint density at radius 1 is 1.30 bits per heavy atom. The molecule has 0 aromatic carbocycles. The molecule has 4 nitrogen and oxygen atoms in total. The van der Waals surface area contributed by atoms with Crippen molar-refractivity contribution in [3.63, 3.8) is 0 Å². The molecule has 0 bridgehead atoms. The van der Waals surface area contributed by atoms with Crippen LogP contribution < -0.4 is 10.1 Å². The summed E-state index contributed by atoms with van der Waals surface area (Å²) < 4.78 is 7.77. The first-order valence-electron chi connectivity index (χ1n) is 8.12. The Hall–Kier alpha value is -1.03. The highest BCUT2D eigenvalue weighted by Crippen LogP contribution is 2.39. The predicted octanol–water partition coefficient (Wildman–Crippen LogP) is 3.46. The van der Waals surface area contributed by atoms with Gasteiger partial charge >= 0.3 is 0 Å². The van der Waals surface area contributed by atoms with Gasteiger partial charge in [0.2, 0.25) is 0 Å². The zero-order valence-corrected chi connectivity index (χ0v) is 13.2. The highest BCUT2D eigenvalue weighted by Gasteiger charge is 2.37. The molecule has 2 heterocycles. The minimum atomic E-state index is 0.0439. The first-order valence-corrected chi connectivity index (χ1v) is 8.12. The number of ether oxygens (including phenoxy) is 1. The summed E-state index contributed by atoms with van der Waals surface area (Å²) in [5.74, 6) is 0.946. The fraction of sp³-hybridized carbons (Fsp3) is 0.812. The number of aromatic nitrogens is 2. The van der Waals surface area contributed by atoms with Crippen LogP contribution >= 0.6 is 0 Å². The van der Waals surface area contributed by atoms with E-state index in [0.717, 1.165) is 31.7 Å². The van der Waals surface area contributed by atoms with Crippen molar-refractivity contribution < 1.29 is 4.74 Å². The van der Waals surface area contributed by atoms with Gasteiger partial charge in [-0.3, -0.25) is 4.68 Å². The summed E-state index contributed by atoms with van der Waals surface area (Å²) in [5, 5.41) is 8.39. The van der Waals surface area contributed by atoms with Crippen molar-refractivity contribution >= 4 is 0 Å². The van der Waals surface area contributed by atoms with E-state index in [1.807, 2.05) is 6.20 Å². The third kappa shape index (κ3) is 3.00. The lowest BCUT2D eigenvalue weighted by atomic mass is 9.84. The Bertz CT molecular complexity index is 406. The van der Waals surface area contributed by atoms with Crippen LogP contribution in [0, 0.1) is 0 Å². The molecule has 1 unspecified atom stereocenters. The van der Waals surface area contributed by atoms with Crippen molar-refractivity contribution in [1.82, 2.24) is 15.1 Å². The van der Waals surface area contributed by atoms with Gasteiger partial charge in [0.1, 0.15) is 5.69 Å². The van der Waals surface area contributed by atoms with Crippen LogP contribution in [0.2, 0.25) is 0 Å². The SMILES string of the molecule is CCCn1ncc(OC)c1C1(CCC)CCCCCN1. The number of hydrogen-bond acceptors (Lipinski definition) is 3. The van der Waals surface area contributed by atoms with E-state index in [2.05, 4.69) is 28.9 Å². The Morgan fingerprint density at radius 2 is 2.15 bits per heavy atom. The normalized spacial score (nSPS) is 23.6. The van der Waals surface area contributed by atoms with Crippen molar-refractivity contribution in [2.75, 3.05) is 13.7 Å². The van der Waals surface area contributed by atoms with E-state index in [0.29, 0.717) is 0 Å². The number of nitrogens with one attached hydrogen (secondary N) is 1. The first-order chi connectivity index (χ1) is 9.77. The Labute approximate surface area is 122 Å². The van der Waals surface area contributed by atoms with Gasteiger partial charge in [-0.1, -0.05) is 33.1 Å². The maximum absolute atomic E-state index is 5.61. The average Bonchev–Trinajstić information content (AvgIpc) is 2.72. The molecule has 114 valence electrons. The van der Waals surface area contributed by atoms with Gasteiger partial charge in [0.25, 0.3) is 0 Å². The van der Waals surface area contributed by atoms with E-state index in [9.17, 15) is 0 Å². The van der Waals surface area contributed by atoms with Gasteiger partial charge in [-0.05, 0) is 32.2 Å². The Kier molecular flexibility index (Phi) is 5.46. The summed E-state index contributed by atoms with van der Waals surface area (Å²) in [6.45, 7) is 6.53. The lowest BCUT2D eigenvalue weighted by Crippen LogP contribution is -2.43.